The van der Waals surface area contributed by atoms with Crippen LogP contribution in [0.25, 0.3) is 11.0 Å². The van der Waals surface area contributed by atoms with Crippen LogP contribution in [0.4, 0.5) is 0 Å². The van der Waals surface area contributed by atoms with Crippen LogP contribution in [0, 0.1) is 6.92 Å². The van der Waals surface area contributed by atoms with Crippen molar-refractivity contribution in [2.75, 3.05) is 13.3 Å². The normalized spacial score (nSPS) is 16.0. The van der Waals surface area contributed by atoms with Gasteiger partial charge in [0.15, 0.2) is 0 Å². The predicted molar refractivity (Wildman–Crippen MR) is 111 cm³/mol. The predicted octanol–water partition coefficient (Wildman–Crippen LogP) is 3.68. The quantitative estimate of drug-likeness (QED) is 0.667. The minimum Gasteiger partial charge on any atom is -0.444 e. The number of fused-ring (bicyclic) bond motifs is 2. The second-order valence-electron chi connectivity index (χ2n) is 7.55. The summed E-state index contributed by atoms with van der Waals surface area (Å²) in [7, 11) is 0. The standard InChI is InChI=1S/C23H24ClNO3/c1-3-4-17-12-21(26)28-23-15(2)22-18(11-20(17)23)13-25(14-27-22)10-9-16-5-7-19(24)8-6-16/h5-8,11-12H,3-4,9-10,13-14H2,1-2H3/p+1. The van der Waals surface area contributed by atoms with E-state index in [9.17, 15) is 4.79 Å². The van der Waals surface area contributed by atoms with Crippen molar-refractivity contribution >= 4 is 22.6 Å². The molecule has 2 heterocycles. The third-order valence-electron chi connectivity index (χ3n) is 5.44. The molecule has 1 N–H and O–H groups in total. The highest BCUT2D eigenvalue weighted by Crippen LogP contribution is 2.33. The average molecular weight is 399 g/mol. The summed E-state index contributed by atoms with van der Waals surface area (Å²) in [4.78, 5) is 13.4. The summed E-state index contributed by atoms with van der Waals surface area (Å²) in [5, 5.41) is 1.81. The number of rotatable bonds is 5. The minimum atomic E-state index is -0.287. The second kappa shape index (κ2) is 7.98. The molecule has 1 aliphatic heterocycles. The summed E-state index contributed by atoms with van der Waals surface area (Å²) in [6.07, 6.45) is 2.84. The molecule has 0 radical (unpaired) electrons. The maximum Gasteiger partial charge on any atom is 0.336 e. The van der Waals surface area contributed by atoms with Gasteiger partial charge in [-0.05, 0) is 42.7 Å². The first kappa shape index (κ1) is 19.0. The number of benzene rings is 2. The fourth-order valence-electron chi connectivity index (χ4n) is 4.01. The highest BCUT2D eigenvalue weighted by atomic mass is 35.5. The number of halogens is 1. The van der Waals surface area contributed by atoms with Gasteiger partial charge in [0.2, 0.25) is 6.73 Å². The van der Waals surface area contributed by atoms with Crippen molar-refractivity contribution in [2.45, 2.75) is 39.7 Å². The molecule has 4 nitrogen and oxygen atoms in total. The molecule has 28 heavy (non-hydrogen) atoms. The maximum atomic E-state index is 12.0. The molecule has 5 heteroatoms. The van der Waals surface area contributed by atoms with Crippen LogP contribution >= 0.6 is 11.6 Å². The Bertz CT molecular complexity index is 1060. The largest absolute Gasteiger partial charge is 0.444 e. The second-order valence-corrected chi connectivity index (χ2v) is 7.99. The van der Waals surface area contributed by atoms with E-state index in [2.05, 4.69) is 25.1 Å². The van der Waals surface area contributed by atoms with Crippen LogP contribution in [-0.4, -0.2) is 13.3 Å². The number of aryl methyl sites for hydroxylation is 2. The van der Waals surface area contributed by atoms with E-state index in [4.69, 9.17) is 20.8 Å². The van der Waals surface area contributed by atoms with Gasteiger partial charge in [-0.2, -0.15) is 0 Å². The topological polar surface area (TPSA) is 43.9 Å². The van der Waals surface area contributed by atoms with Gasteiger partial charge >= 0.3 is 5.63 Å². The van der Waals surface area contributed by atoms with Crippen LogP contribution in [0.5, 0.6) is 5.75 Å². The zero-order valence-corrected chi connectivity index (χ0v) is 17.1. The Balaban J connectivity index is 1.60. The third-order valence-corrected chi connectivity index (χ3v) is 5.69. The summed E-state index contributed by atoms with van der Waals surface area (Å²) < 4.78 is 11.6. The first-order chi connectivity index (χ1) is 13.5. The molecule has 1 aromatic heterocycles. The van der Waals surface area contributed by atoms with Crippen LogP contribution < -0.4 is 15.3 Å². The smallest absolute Gasteiger partial charge is 0.336 e. The maximum absolute atomic E-state index is 12.0. The molecule has 1 aliphatic rings. The Labute approximate surface area is 169 Å². The molecule has 0 bridgehead atoms. The Hall–Kier alpha value is -2.30. The molecule has 0 amide bonds. The fraction of sp³-hybridized carbons (Fsp3) is 0.348. The molecular formula is C23H25ClNO3+. The number of quaternary nitrogens is 1. The van der Waals surface area contributed by atoms with Crippen LogP contribution in [0.3, 0.4) is 0 Å². The minimum absolute atomic E-state index is 0.287. The van der Waals surface area contributed by atoms with Crippen LogP contribution in [-0.2, 0) is 19.4 Å². The fourth-order valence-corrected chi connectivity index (χ4v) is 4.13. The van der Waals surface area contributed by atoms with E-state index in [-0.39, 0.29) is 5.63 Å². The van der Waals surface area contributed by atoms with Gasteiger partial charge in [-0.15, -0.1) is 0 Å². The summed E-state index contributed by atoms with van der Waals surface area (Å²) in [5.41, 5.74) is 4.84. The van der Waals surface area contributed by atoms with Crippen molar-refractivity contribution in [1.29, 1.82) is 0 Å². The first-order valence-corrected chi connectivity index (χ1v) is 10.2. The van der Waals surface area contributed by atoms with Gasteiger partial charge in [0.25, 0.3) is 0 Å². The highest BCUT2D eigenvalue weighted by molar-refractivity contribution is 6.30. The molecule has 0 saturated carbocycles. The molecule has 2 aromatic carbocycles. The van der Waals surface area contributed by atoms with Crippen LogP contribution in [0.15, 0.2) is 45.6 Å². The first-order valence-electron chi connectivity index (χ1n) is 9.85. The number of nitrogens with one attached hydrogen (secondary N) is 1. The number of ether oxygens (including phenoxy) is 1. The van der Waals surface area contributed by atoms with Crippen molar-refractivity contribution in [3.05, 3.63) is 74.1 Å². The summed E-state index contributed by atoms with van der Waals surface area (Å²) >= 11 is 5.97. The van der Waals surface area contributed by atoms with Crippen LogP contribution in [0.1, 0.15) is 35.6 Å². The van der Waals surface area contributed by atoms with Gasteiger partial charge in [-0.1, -0.05) is 37.1 Å². The highest BCUT2D eigenvalue weighted by Gasteiger charge is 2.25. The molecule has 0 saturated heterocycles. The Morgan fingerprint density at radius 2 is 1.93 bits per heavy atom. The molecule has 1 atom stereocenters. The van der Waals surface area contributed by atoms with Gasteiger partial charge in [0, 0.05) is 34.0 Å². The molecule has 0 fully saturated rings. The van der Waals surface area contributed by atoms with E-state index in [1.165, 1.54) is 16.0 Å². The van der Waals surface area contributed by atoms with Gasteiger partial charge in [-0.3, -0.25) is 4.90 Å². The lowest BCUT2D eigenvalue weighted by Crippen LogP contribution is -3.12. The summed E-state index contributed by atoms with van der Waals surface area (Å²) in [6.45, 7) is 6.62. The van der Waals surface area contributed by atoms with E-state index < -0.39 is 0 Å². The molecule has 0 aliphatic carbocycles. The van der Waals surface area contributed by atoms with Crippen molar-refractivity contribution in [1.82, 2.24) is 0 Å². The lowest BCUT2D eigenvalue weighted by Gasteiger charge is -2.27. The van der Waals surface area contributed by atoms with Crippen molar-refractivity contribution in [2.24, 2.45) is 0 Å². The molecule has 4 rings (SSSR count). The lowest BCUT2D eigenvalue weighted by molar-refractivity contribution is -0.932. The molecule has 1 unspecified atom stereocenters. The van der Waals surface area contributed by atoms with Crippen molar-refractivity contribution in [3.63, 3.8) is 0 Å². The lowest BCUT2D eigenvalue weighted by atomic mass is 9.98. The SMILES string of the molecule is CCCc1cc(=O)oc2c(C)c3c(cc12)C[NH+](CCc1ccc(Cl)cc1)CO3. The Kier molecular flexibility index (Phi) is 5.42. The zero-order valence-electron chi connectivity index (χ0n) is 16.3. The average Bonchev–Trinajstić information content (AvgIpc) is 2.69. The summed E-state index contributed by atoms with van der Waals surface area (Å²) in [5.74, 6) is 0.875. The van der Waals surface area contributed by atoms with Gasteiger partial charge in [0.1, 0.15) is 17.9 Å². The number of hydrogen-bond acceptors (Lipinski definition) is 3. The molecule has 0 spiro atoms. The van der Waals surface area contributed by atoms with Crippen molar-refractivity contribution < 1.29 is 14.1 Å². The van der Waals surface area contributed by atoms with Crippen molar-refractivity contribution in [3.8, 4) is 5.75 Å². The van der Waals surface area contributed by atoms with E-state index in [1.54, 1.807) is 6.07 Å². The van der Waals surface area contributed by atoms with Gasteiger partial charge < -0.3 is 9.15 Å². The van der Waals surface area contributed by atoms with E-state index >= 15 is 0 Å². The number of hydrogen-bond donors (Lipinski definition) is 1. The monoisotopic (exact) mass is 398 g/mol. The van der Waals surface area contributed by atoms with E-state index in [0.717, 1.165) is 59.6 Å². The summed E-state index contributed by atoms with van der Waals surface area (Å²) in [6, 6.07) is 11.8. The van der Waals surface area contributed by atoms with Gasteiger partial charge in [-0.25, -0.2) is 4.79 Å². The molecular weight excluding hydrogens is 374 g/mol. The van der Waals surface area contributed by atoms with E-state index in [0.29, 0.717) is 12.3 Å². The Morgan fingerprint density at radius 1 is 1.14 bits per heavy atom. The Morgan fingerprint density at radius 3 is 2.68 bits per heavy atom. The molecule has 146 valence electrons. The molecule has 3 aromatic rings. The zero-order chi connectivity index (χ0) is 19.7. The van der Waals surface area contributed by atoms with Gasteiger partial charge in [0.05, 0.1) is 6.54 Å². The van der Waals surface area contributed by atoms with E-state index in [1.807, 2.05) is 19.1 Å². The van der Waals surface area contributed by atoms with Crippen LogP contribution in [0.2, 0.25) is 5.02 Å². The third kappa shape index (κ3) is 3.80.